The lowest BCUT2D eigenvalue weighted by atomic mass is 9.99. The molecule has 0 aliphatic rings. The van der Waals surface area contributed by atoms with Crippen molar-refractivity contribution in [3.8, 4) is 0 Å². The quantitative estimate of drug-likeness (QED) is 0.821. The van der Waals surface area contributed by atoms with Crippen LogP contribution in [0.5, 0.6) is 0 Å². The number of nitrogens with zero attached hydrogens (tertiary/aromatic N) is 2. The van der Waals surface area contributed by atoms with Crippen molar-refractivity contribution in [1.29, 1.82) is 0 Å². The van der Waals surface area contributed by atoms with Gasteiger partial charge in [0.1, 0.15) is 5.92 Å². The lowest BCUT2D eigenvalue weighted by Gasteiger charge is -2.12. The monoisotopic (exact) mass is 288 g/mol. The number of carboxylic acids is 1. The molecule has 0 spiro atoms. The Balaban J connectivity index is 2.15. The van der Waals surface area contributed by atoms with Crippen molar-refractivity contribution in [3.63, 3.8) is 0 Å². The third-order valence-corrected chi connectivity index (χ3v) is 3.01. The standard InChI is InChI=1S/C15H16N2O4/c1-2-21-15(20)12-8-16-17(9-12)10-13(14(18)19)11-6-4-3-5-7-11/h3-9,13H,2,10H2,1H3,(H,18,19). The lowest BCUT2D eigenvalue weighted by molar-refractivity contribution is -0.139. The molecule has 0 saturated heterocycles. The van der Waals surface area contributed by atoms with Gasteiger partial charge in [-0.1, -0.05) is 30.3 Å². The molecule has 2 rings (SSSR count). The maximum absolute atomic E-state index is 11.6. The first-order valence-electron chi connectivity index (χ1n) is 6.59. The Morgan fingerprint density at radius 3 is 2.67 bits per heavy atom. The van der Waals surface area contributed by atoms with Crippen molar-refractivity contribution in [2.75, 3.05) is 6.61 Å². The van der Waals surface area contributed by atoms with E-state index in [4.69, 9.17) is 4.74 Å². The Kier molecular flexibility index (Phi) is 4.71. The van der Waals surface area contributed by atoms with E-state index in [1.165, 1.54) is 17.1 Å². The van der Waals surface area contributed by atoms with Crippen LogP contribution in [0, 0.1) is 0 Å². The molecule has 1 N–H and O–H groups in total. The highest BCUT2D eigenvalue weighted by molar-refractivity contribution is 5.88. The Morgan fingerprint density at radius 2 is 2.05 bits per heavy atom. The molecule has 0 fully saturated rings. The second-order valence-corrected chi connectivity index (χ2v) is 4.47. The first kappa shape index (κ1) is 14.8. The number of carbonyl (C=O) groups excluding carboxylic acids is 1. The highest BCUT2D eigenvalue weighted by Gasteiger charge is 2.21. The van der Waals surface area contributed by atoms with Gasteiger partial charge >= 0.3 is 11.9 Å². The summed E-state index contributed by atoms with van der Waals surface area (Å²) in [4.78, 5) is 23.0. The van der Waals surface area contributed by atoms with Crippen LogP contribution in [0.1, 0.15) is 28.8 Å². The van der Waals surface area contributed by atoms with E-state index in [9.17, 15) is 14.7 Å². The van der Waals surface area contributed by atoms with Crippen molar-refractivity contribution in [3.05, 3.63) is 53.9 Å². The predicted octanol–water partition coefficient (Wildman–Crippen LogP) is 1.93. The molecular formula is C15H16N2O4. The molecule has 0 aliphatic heterocycles. The molecule has 2 aromatic rings. The Morgan fingerprint density at radius 1 is 1.33 bits per heavy atom. The minimum absolute atomic E-state index is 0.152. The predicted molar refractivity (Wildman–Crippen MR) is 75.0 cm³/mol. The van der Waals surface area contributed by atoms with E-state index in [0.29, 0.717) is 11.1 Å². The third kappa shape index (κ3) is 3.68. The topological polar surface area (TPSA) is 81.4 Å². The minimum Gasteiger partial charge on any atom is -0.481 e. The molecule has 0 bridgehead atoms. The zero-order valence-electron chi connectivity index (χ0n) is 11.6. The summed E-state index contributed by atoms with van der Waals surface area (Å²) in [5, 5.41) is 13.4. The molecule has 21 heavy (non-hydrogen) atoms. The Labute approximate surface area is 122 Å². The normalized spacial score (nSPS) is 11.9. The molecule has 1 atom stereocenters. The molecule has 1 aromatic heterocycles. The van der Waals surface area contributed by atoms with Crippen LogP contribution >= 0.6 is 0 Å². The van der Waals surface area contributed by atoms with Crippen molar-refractivity contribution in [1.82, 2.24) is 9.78 Å². The van der Waals surface area contributed by atoms with Gasteiger partial charge in [0.05, 0.1) is 24.9 Å². The van der Waals surface area contributed by atoms with Gasteiger partial charge in [0.15, 0.2) is 0 Å². The number of hydrogen-bond donors (Lipinski definition) is 1. The fraction of sp³-hybridized carbons (Fsp3) is 0.267. The number of aliphatic carboxylic acids is 1. The third-order valence-electron chi connectivity index (χ3n) is 3.01. The Bertz CT molecular complexity index is 622. The summed E-state index contributed by atoms with van der Waals surface area (Å²) >= 11 is 0. The van der Waals surface area contributed by atoms with Crippen molar-refractivity contribution in [2.24, 2.45) is 0 Å². The fourth-order valence-corrected chi connectivity index (χ4v) is 1.98. The number of rotatable bonds is 6. The molecule has 110 valence electrons. The number of ether oxygens (including phenoxy) is 1. The van der Waals surface area contributed by atoms with Gasteiger partial charge in [-0.15, -0.1) is 0 Å². The van der Waals surface area contributed by atoms with Gasteiger partial charge in [-0.2, -0.15) is 5.10 Å². The van der Waals surface area contributed by atoms with Crippen LogP contribution in [0.15, 0.2) is 42.7 Å². The first-order chi connectivity index (χ1) is 10.1. The summed E-state index contributed by atoms with van der Waals surface area (Å²) in [5.41, 5.74) is 1.01. The summed E-state index contributed by atoms with van der Waals surface area (Å²) in [5.74, 6) is -2.12. The van der Waals surface area contributed by atoms with E-state index in [1.54, 1.807) is 31.2 Å². The second-order valence-electron chi connectivity index (χ2n) is 4.47. The van der Waals surface area contributed by atoms with Crippen LogP contribution in [0.25, 0.3) is 0 Å². The molecule has 1 aromatic carbocycles. The maximum Gasteiger partial charge on any atom is 0.341 e. The van der Waals surface area contributed by atoms with E-state index in [0.717, 1.165) is 0 Å². The van der Waals surface area contributed by atoms with Gasteiger partial charge in [0.2, 0.25) is 0 Å². The number of esters is 1. The highest BCUT2D eigenvalue weighted by Crippen LogP contribution is 2.18. The van der Waals surface area contributed by atoms with Crippen LogP contribution in [-0.4, -0.2) is 33.4 Å². The molecule has 0 radical (unpaired) electrons. The average Bonchev–Trinajstić information content (AvgIpc) is 2.94. The summed E-state index contributed by atoms with van der Waals surface area (Å²) in [6.45, 7) is 2.16. The van der Waals surface area contributed by atoms with Crippen molar-refractivity contribution >= 4 is 11.9 Å². The number of aromatic nitrogens is 2. The molecule has 0 saturated carbocycles. The maximum atomic E-state index is 11.6. The van der Waals surface area contributed by atoms with Crippen LogP contribution in [0.4, 0.5) is 0 Å². The molecule has 1 unspecified atom stereocenters. The van der Waals surface area contributed by atoms with Crippen LogP contribution in [0.3, 0.4) is 0 Å². The van der Waals surface area contributed by atoms with Gasteiger partial charge in [0, 0.05) is 6.20 Å². The van der Waals surface area contributed by atoms with Crippen LogP contribution in [0.2, 0.25) is 0 Å². The smallest absolute Gasteiger partial charge is 0.341 e. The van der Waals surface area contributed by atoms with Gasteiger partial charge in [-0.25, -0.2) is 4.79 Å². The summed E-state index contributed by atoms with van der Waals surface area (Å²) in [7, 11) is 0. The van der Waals surface area contributed by atoms with E-state index >= 15 is 0 Å². The van der Waals surface area contributed by atoms with Gasteiger partial charge in [0.25, 0.3) is 0 Å². The van der Waals surface area contributed by atoms with Crippen LogP contribution in [-0.2, 0) is 16.1 Å². The van der Waals surface area contributed by atoms with Crippen molar-refractivity contribution in [2.45, 2.75) is 19.4 Å². The fourth-order valence-electron chi connectivity index (χ4n) is 1.98. The largest absolute Gasteiger partial charge is 0.481 e. The zero-order valence-corrected chi connectivity index (χ0v) is 11.6. The van der Waals surface area contributed by atoms with E-state index < -0.39 is 17.9 Å². The van der Waals surface area contributed by atoms with E-state index in [2.05, 4.69) is 5.10 Å². The lowest BCUT2D eigenvalue weighted by Crippen LogP contribution is -2.18. The zero-order chi connectivity index (χ0) is 15.2. The SMILES string of the molecule is CCOC(=O)c1cnn(CC(C(=O)O)c2ccccc2)c1. The number of carboxylic acid groups (broad SMARTS) is 1. The second kappa shape index (κ2) is 6.69. The van der Waals surface area contributed by atoms with Crippen LogP contribution < -0.4 is 0 Å². The molecule has 1 heterocycles. The van der Waals surface area contributed by atoms with E-state index in [1.807, 2.05) is 6.07 Å². The molecule has 6 heteroatoms. The van der Waals surface area contributed by atoms with E-state index in [-0.39, 0.29) is 13.2 Å². The summed E-state index contributed by atoms with van der Waals surface area (Å²) in [6.07, 6.45) is 2.87. The molecule has 0 amide bonds. The molecule has 6 nitrogen and oxygen atoms in total. The summed E-state index contributed by atoms with van der Waals surface area (Å²) in [6, 6.07) is 8.93. The summed E-state index contributed by atoms with van der Waals surface area (Å²) < 4.78 is 6.31. The number of hydrogen-bond acceptors (Lipinski definition) is 4. The van der Waals surface area contributed by atoms with Gasteiger partial charge in [-0.05, 0) is 12.5 Å². The minimum atomic E-state index is -0.936. The first-order valence-corrected chi connectivity index (χ1v) is 6.59. The Hall–Kier alpha value is -2.63. The average molecular weight is 288 g/mol. The highest BCUT2D eigenvalue weighted by atomic mass is 16.5. The molecular weight excluding hydrogens is 272 g/mol. The number of carbonyl (C=O) groups is 2. The van der Waals surface area contributed by atoms with Crippen molar-refractivity contribution < 1.29 is 19.4 Å². The number of benzene rings is 1. The van der Waals surface area contributed by atoms with Gasteiger partial charge < -0.3 is 9.84 Å². The molecule has 0 aliphatic carbocycles. The van der Waals surface area contributed by atoms with Gasteiger partial charge in [-0.3, -0.25) is 9.48 Å².